The number of hydrogen-bond donors (Lipinski definition) is 1. The van der Waals surface area contributed by atoms with Crippen molar-refractivity contribution in [2.45, 2.75) is 30.8 Å². The molecule has 0 radical (unpaired) electrons. The van der Waals surface area contributed by atoms with E-state index in [9.17, 15) is 9.59 Å². The molecule has 144 valence electrons. The summed E-state index contributed by atoms with van der Waals surface area (Å²) in [7, 11) is 1.55. The van der Waals surface area contributed by atoms with Gasteiger partial charge in [-0.3, -0.25) is 9.59 Å². The van der Waals surface area contributed by atoms with Gasteiger partial charge in [-0.25, -0.2) is 0 Å². The number of carbonyl (C=O) groups excluding carboxylic acids is 2. The highest BCUT2D eigenvalue weighted by atomic mass is 35.5. The molecular weight excluding hydrogens is 403 g/mol. The van der Waals surface area contributed by atoms with Gasteiger partial charge in [-0.15, -0.1) is 11.8 Å². The predicted octanol–water partition coefficient (Wildman–Crippen LogP) is 4.64. The minimum Gasteiger partial charge on any atom is -0.357 e. The minimum absolute atomic E-state index is 0.120. The van der Waals surface area contributed by atoms with Crippen molar-refractivity contribution in [1.29, 1.82) is 0 Å². The molecule has 0 heterocycles. The minimum atomic E-state index is -0.628. The summed E-state index contributed by atoms with van der Waals surface area (Å²) in [5.74, 6) is 0.267. The normalized spacial score (nSPS) is 11.7. The Balaban J connectivity index is 2.11. The lowest BCUT2D eigenvalue weighted by Crippen LogP contribution is -2.46. The van der Waals surface area contributed by atoms with Crippen LogP contribution in [-0.4, -0.2) is 35.6 Å². The van der Waals surface area contributed by atoms with Crippen molar-refractivity contribution < 1.29 is 9.59 Å². The van der Waals surface area contributed by atoms with Crippen LogP contribution in [0.1, 0.15) is 18.9 Å². The van der Waals surface area contributed by atoms with Gasteiger partial charge in [0, 0.05) is 46.3 Å². The number of halogens is 2. The van der Waals surface area contributed by atoms with Gasteiger partial charge < -0.3 is 10.2 Å². The quantitative estimate of drug-likeness (QED) is 0.627. The molecule has 27 heavy (non-hydrogen) atoms. The lowest BCUT2D eigenvalue weighted by Gasteiger charge is -2.29. The van der Waals surface area contributed by atoms with E-state index >= 15 is 0 Å². The largest absolute Gasteiger partial charge is 0.357 e. The van der Waals surface area contributed by atoms with Gasteiger partial charge in [0.25, 0.3) is 0 Å². The molecule has 4 nitrogen and oxygen atoms in total. The second kappa shape index (κ2) is 10.6. The van der Waals surface area contributed by atoms with E-state index in [0.717, 1.165) is 4.90 Å². The van der Waals surface area contributed by atoms with Crippen molar-refractivity contribution in [2.24, 2.45) is 0 Å². The number of amides is 2. The van der Waals surface area contributed by atoms with Crippen LogP contribution in [-0.2, 0) is 16.1 Å². The molecule has 0 fully saturated rings. The van der Waals surface area contributed by atoms with Gasteiger partial charge in [-0.2, -0.15) is 0 Å². The van der Waals surface area contributed by atoms with Crippen LogP contribution >= 0.6 is 35.0 Å². The zero-order valence-electron chi connectivity index (χ0n) is 15.2. The fourth-order valence-corrected chi connectivity index (χ4v) is 3.94. The number of rotatable bonds is 8. The molecule has 7 heteroatoms. The number of benzene rings is 2. The lowest BCUT2D eigenvalue weighted by molar-refractivity contribution is -0.140. The van der Waals surface area contributed by atoms with Gasteiger partial charge >= 0.3 is 0 Å². The monoisotopic (exact) mass is 424 g/mol. The summed E-state index contributed by atoms with van der Waals surface area (Å²) in [6, 6.07) is 14.5. The molecule has 0 aliphatic rings. The number of nitrogens with one attached hydrogen (secondary N) is 1. The van der Waals surface area contributed by atoms with Crippen molar-refractivity contribution in [3.63, 3.8) is 0 Å². The maximum atomic E-state index is 12.9. The Bertz CT molecular complexity index is 767. The van der Waals surface area contributed by atoms with E-state index in [1.54, 1.807) is 43.9 Å². The third kappa shape index (κ3) is 6.16. The van der Waals surface area contributed by atoms with Crippen molar-refractivity contribution >= 4 is 46.8 Å². The first-order valence-corrected chi connectivity index (χ1v) is 10.3. The lowest BCUT2D eigenvalue weighted by atomic mass is 10.1. The molecule has 0 aliphatic carbocycles. The molecule has 0 saturated carbocycles. The summed E-state index contributed by atoms with van der Waals surface area (Å²) in [6.07, 6.45) is 0.308. The van der Waals surface area contributed by atoms with Gasteiger partial charge in [0.2, 0.25) is 11.8 Å². The highest BCUT2D eigenvalue weighted by Gasteiger charge is 2.26. The molecule has 2 aromatic carbocycles. The van der Waals surface area contributed by atoms with E-state index in [-0.39, 0.29) is 18.4 Å². The van der Waals surface area contributed by atoms with Gasteiger partial charge in [0.05, 0.1) is 0 Å². The van der Waals surface area contributed by atoms with Crippen LogP contribution in [0.5, 0.6) is 0 Å². The van der Waals surface area contributed by atoms with E-state index in [4.69, 9.17) is 23.2 Å². The summed E-state index contributed by atoms with van der Waals surface area (Å²) in [5, 5.41) is 3.54. The molecule has 0 unspecified atom stereocenters. The van der Waals surface area contributed by atoms with Crippen molar-refractivity contribution in [3.8, 4) is 0 Å². The van der Waals surface area contributed by atoms with Crippen molar-refractivity contribution in [2.75, 3.05) is 12.8 Å². The Hall–Kier alpha value is -1.69. The van der Waals surface area contributed by atoms with Crippen molar-refractivity contribution in [3.05, 3.63) is 64.1 Å². The summed E-state index contributed by atoms with van der Waals surface area (Å²) in [4.78, 5) is 27.6. The van der Waals surface area contributed by atoms with Gasteiger partial charge in [-0.1, -0.05) is 47.5 Å². The van der Waals surface area contributed by atoms with Crippen LogP contribution in [0.4, 0.5) is 0 Å². The second-order valence-electron chi connectivity index (χ2n) is 5.92. The van der Waals surface area contributed by atoms with Gasteiger partial charge in [0.15, 0.2) is 0 Å². The molecule has 0 aromatic heterocycles. The van der Waals surface area contributed by atoms with Crippen LogP contribution in [0, 0.1) is 0 Å². The predicted molar refractivity (Wildman–Crippen MR) is 112 cm³/mol. The number of hydrogen-bond acceptors (Lipinski definition) is 3. The summed E-state index contributed by atoms with van der Waals surface area (Å²) < 4.78 is 0. The zero-order chi connectivity index (χ0) is 19.8. The van der Waals surface area contributed by atoms with E-state index in [0.29, 0.717) is 27.8 Å². The van der Waals surface area contributed by atoms with E-state index in [2.05, 4.69) is 5.32 Å². The molecule has 2 amide bonds. The van der Waals surface area contributed by atoms with Gasteiger partial charge in [-0.05, 0) is 31.2 Å². The second-order valence-corrected chi connectivity index (χ2v) is 7.91. The van der Waals surface area contributed by atoms with Crippen LogP contribution in [0.2, 0.25) is 10.0 Å². The number of carbonyl (C=O) groups is 2. The average Bonchev–Trinajstić information content (AvgIpc) is 2.67. The number of nitrogens with zero attached hydrogens (tertiary/aromatic N) is 1. The zero-order valence-corrected chi connectivity index (χ0v) is 17.6. The molecule has 0 aliphatic heterocycles. The SMILES string of the molecule is CNC(=O)[C@H](C)N(Cc1c(Cl)cccc1Cl)C(=O)CCSc1ccccc1. The maximum absolute atomic E-state index is 12.9. The highest BCUT2D eigenvalue weighted by molar-refractivity contribution is 7.99. The molecule has 0 saturated heterocycles. The van der Waals surface area contributed by atoms with Crippen LogP contribution in [0.3, 0.4) is 0 Å². The molecule has 2 aromatic rings. The molecule has 1 N–H and O–H groups in total. The standard InChI is InChI=1S/C20H22Cl2N2O2S/c1-14(20(26)23-2)24(13-16-17(21)9-6-10-18(16)22)19(25)11-12-27-15-7-4-3-5-8-15/h3-10,14H,11-13H2,1-2H3,(H,23,26)/t14-/m0/s1. The average molecular weight is 425 g/mol. The van der Waals surface area contributed by atoms with Gasteiger partial charge in [0.1, 0.15) is 6.04 Å². The third-order valence-corrected chi connectivity index (χ3v) is 5.85. The fourth-order valence-electron chi connectivity index (χ4n) is 2.56. The summed E-state index contributed by atoms with van der Waals surface area (Å²) in [6.45, 7) is 1.88. The Morgan fingerprint density at radius 1 is 1.07 bits per heavy atom. The Morgan fingerprint density at radius 2 is 1.70 bits per heavy atom. The molecule has 2 rings (SSSR count). The van der Waals surface area contributed by atoms with Crippen LogP contribution < -0.4 is 5.32 Å². The first-order chi connectivity index (χ1) is 12.9. The van der Waals surface area contributed by atoms with Crippen LogP contribution in [0.15, 0.2) is 53.4 Å². The third-order valence-electron chi connectivity index (χ3n) is 4.13. The Morgan fingerprint density at radius 3 is 2.30 bits per heavy atom. The van der Waals surface area contributed by atoms with Crippen LogP contribution in [0.25, 0.3) is 0 Å². The highest BCUT2D eigenvalue weighted by Crippen LogP contribution is 2.27. The molecule has 1 atom stereocenters. The number of likely N-dealkylation sites (N-methyl/N-ethyl adjacent to an activating group) is 1. The molecule has 0 bridgehead atoms. The Kier molecular flexibility index (Phi) is 8.48. The maximum Gasteiger partial charge on any atom is 0.242 e. The first kappa shape index (κ1) is 21.6. The van der Waals surface area contributed by atoms with E-state index in [1.165, 1.54) is 4.90 Å². The summed E-state index contributed by atoms with van der Waals surface area (Å²) >= 11 is 14.1. The molecular formula is C20H22Cl2N2O2S. The van der Waals surface area contributed by atoms with E-state index in [1.807, 2.05) is 30.3 Å². The fraction of sp³-hybridized carbons (Fsp3) is 0.300. The van der Waals surface area contributed by atoms with Crippen molar-refractivity contribution in [1.82, 2.24) is 10.2 Å². The summed E-state index contributed by atoms with van der Waals surface area (Å²) in [5.41, 5.74) is 0.639. The molecule has 0 spiro atoms. The first-order valence-electron chi connectivity index (χ1n) is 8.55. The van der Waals surface area contributed by atoms with E-state index < -0.39 is 6.04 Å². The topological polar surface area (TPSA) is 49.4 Å². The Labute approximate surface area is 174 Å². The smallest absolute Gasteiger partial charge is 0.242 e. The number of thioether (sulfide) groups is 1.